The molecule has 0 saturated carbocycles. The normalized spacial score (nSPS) is 15.4. The van der Waals surface area contributed by atoms with Crippen LogP contribution in [0.3, 0.4) is 0 Å². The molecule has 1 heterocycles. The molecule has 1 N–H and O–H groups in total. The molecule has 1 amide bonds. The van der Waals surface area contributed by atoms with E-state index in [4.69, 9.17) is 5.26 Å². The Hall–Kier alpha value is -1.86. The lowest BCUT2D eigenvalue weighted by Crippen LogP contribution is -2.30. The average molecular weight is 285 g/mol. The molecule has 1 aliphatic rings. The molecule has 4 heteroatoms. The molecular weight excluding hydrogens is 262 g/mol. The minimum atomic E-state index is 0.191. The van der Waals surface area contributed by atoms with E-state index in [1.807, 2.05) is 25.2 Å². The summed E-state index contributed by atoms with van der Waals surface area (Å²) in [5, 5.41) is 12.2. The average Bonchev–Trinajstić information content (AvgIpc) is 2.53. The third kappa shape index (κ3) is 4.87. The first kappa shape index (κ1) is 15.5. The number of nitrogens with one attached hydrogen (secondary N) is 1. The summed E-state index contributed by atoms with van der Waals surface area (Å²) < 4.78 is 0. The van der Waals surface area contributed by atoms with Crippen molar-refractivity contribution in [3.05, 3.63) is 35.4 Å². The highest BCUT2D eigenvalue weighted by Crippen LogP contribution is 2.18. The lowest BCUT2D eigenvalue weighted by Gasteiger charge is -2.23. The van der Waals surface area contributed by atoms with E-state index in [9.17, 15) is 4.79 Å². The van der Waals surface area contributed by atoms with Gasteiger partial charge in [-0.1, -0.05) is 12.1 Å². The van der Waals surface area contributed by atoms with Crippen molar-refractivity contribution >= 4 is 5.91 Å². The fraction of sp³-hybridized carbons (Fsp3) is 0.529. The number of amides is 1. The standard InChI is InChI=1S/C17H23N3O/c1-20(13-16-4-2-3-15(11-16)12-18)17(21)6-5-14-7-9-19-10-8-14/h2-4,11,14,19H,5-10,13H2,1H3. The van der Waals surface area contributed by atoms with Crippen LogP contribution >= 0.6 is 0 Å². The largest absolute Gasteiger partial charge is 0.341 e. The number of nitrogens with zero attached hydrogens (tertiary/aromatic N) is 2. The highest BCUT2D eigenvalue weighted by Gasteiger charge is 2.16. The summed E-state index contributed by atoms with van der Waals surface area (Å²) in [7, 11) is 1.84. The van der Waals surface area contributed by atoms with Crippen molar-refractivity contribution in [2.75, 3.05) is 20.1 Å². The molecule has 0 aliphatic carbocycles. The number of piperidine rings is 1. The number of nitriles is 1. The van der Waals surface area contributed by atoms with E-state index in [0.29, 0.717) is 24.4 Å². The number of hydrogen-bond donors (Lipinski definition) is 1. The summed E-state index contributed by atoms with van der Waals surface area (Å²) in [5.41, 5.74) is 1.65. The first-order valence-electron chi connectivity index (χ1n) is 7.63. The van der Waals surface area contributed by atoms with E-state index >= 15 is 0 Å². The summed E-state index contributed by atoms with van der Waals surface area (Å²) in [4.78, 5) is 14.0. The van der Waals surface area contributed by atoms with Crippen molar-refractivity contribution in [3.63, 3.8) is 0 Å². The predicted octanol–water partition coefficient (Wildman–Crippen LogP) is 2.30. The predicted molar refractivity (Wildman–Crippen MR) is 82.5 cm³/mol. The third-order valence-corrected chi connectivity index (χ3v) is 4.13. The van der Waals surface area contributed by atoms with Crippen LogP contribution < -0.4 is 5.32 Å². The van der Waals surface area contributed by atoms with Gasteiger partial charge in [-0.3, -0.25) is 4.79 Å². The first-order chi connectivity index (χ1) is 10.2. The van der Waals surface area contributed by atoms with Gasteiger partial charge in [0.2, 0.25) is 5.91 Å². The fourth-order valence-electron chi connectivity index (χ4n) is 2.79. The SMILES string of the molecule is CN(Cc1cccc(C#N)c1)C(=O)CCC1CCNCC1. The van der Waals surface area contributed by atoms with Gasteiger partial charge in [0.1, 0.15) is 0 Å². The van der Waals surface area contributed by atoms with Crippen LogP contribution in [0.25, 0.3) is 0 Å². The van der Waals surface area contributed by atoms with Crippen molar-refractivity contribution < 1.29 is 4.79 Å². The molecule has 4 nitrogen and oxygen atoms in total. The molecule has 1 aromatic rings. The maximum atomic E-state index is 12.2. The number of carbonyl (C=O) groups excluding carboxylic acids is 1. The molecular formula is C17H23N3O. The summed E-state index contributed by atoms with van der Waals surface area (Å²) in [5.74, 6) is 0.876. The Morgan fingerprint density at radius 2 is 2.19 bits per heavy atom. The zero-order valence-corrected chi connectivity index (χ0v) is 12.6. The summed E-state index contributed by atoms with van der Waals surface area (Å²) in [6.07, 6.45) is 3.98. The zero-order valence-electron chi connectivity index (χ0n) is 12.6. The molecule has 0 spiro atoms. The molecule has 0 radical (unpaired) electrons. The van der Waals surface area contributed by atoms with Crippen molar-refractivity contribution in [1.29, 1.82) is 5.26 Å². The monoisotopic (exact) mass is 285 g/mol. The Balaban J connectivity index is 1.80. The molecule has 1 aliphatic heterocycles. The van der Waals surface area contributed by atoms with Gasteiger partial charge in [0.25, 0.3) is 0 Å². The van der Waals surface area contributed by atoms with Gasteiger partial charge in [-0.05, 0) is 56.0 Å². The van der Waals surface area contributed by atoms with Crippen molar-refractivity contribution in [2.24, 2.45) is 5.92 Å². The molecule has 1 fully saturated rings. The summed E-state index contributed by atoms with van der Waals surface area (Å²) in [6, 6.07) is 9.57. The Labute approximate surface area is 126 Å². The van der Waals surface area contributed by atoms with Crippen molar-refractivity contribution in [3.8, 4) is 6.07 Å². The lowest BCUT2D eigenvalue weighted by molar-refractivity contribution is -0.130. The number of benzene rings is 1. The van der Waals surface area contributed by atoms with Gasteiger partial charge < -0.3 is 10.2 Å². The van der Waals surface area contributed by atoms with Gasteiger partial charge in [-0.15, -0.1) is 0 Å². The zero-order chi connectivity index (χ0) is 15.1. The highest BCUT2D eigenvalue weighted by atomic mass is 16.2. The molecule has 21 heavy (non-hydrogen) atoms. The molecule has 0 atom stereocenters. The first-order valence-corrected chi connectivity index (χ1v) is 7.63. The quantitative estimate of drug-likeness (QED) is 0.903. The van der Waals surface area contributed by atoms with Gasteiger partial charge in [0.05, 0.1) is 11.6 Å². The van der Waals surface area contributed by atoms with Crippen LogP contribution in [-0.2, 0) is 11.3 Å². The highest BCUT2D eigenvalue weighted by molar-refractivity contribution is 5.75. The number of rotatable bonds is 5. The van der Waals surface area contributed by atoms with E-state index in [2.05, 4.69) is 11.4 Å². The maximum Gasteiger partial charge on any atom is 0.222 e. The van der Waals surface area contributed by atoms with Gasteiger partial charge >= 0.3 is 0 Å². The maximum absolute atomic E-state index is 12.2. The minimum Gasteiger partial charge on any atom is -0.341 e. The van der Waals surface area contributed by atoms with Gasteiger partial charge in [0.15, 0.2) is 0 Å². The molecule has 0 aromatic heterocycles. The number of carbonyl (C=O) groups is 1. The molecule has 0 unspecified atom stereocenters. The van der Waals surface area contributed by atoms with Gasteiger partial charge in [-0.2, -0.15) is 5.26 Å². The Kier molecular flexibility index (Phi) is 5.77. The van der Waals surface area contributed by atoms with Crippen LogP contribution in [0, 0.1) is 17.2 Å². The second-order valence-electron chi connectivity index (χ2n) is 5.79. The van der Waals surface area contributed by atoms with Gasteiger partial charge in [-0.25, -0.2) is 0 Å². The Morgan fingerprint density at radius 3 is 2.90 bits per heavy atom. The van der Waals surface area contributed by atoms with Crippen LogP contribution in [0.5, 0.6) is 0 Å². The van der Waals surface area contributed by atoms with E-state index in [-0.39, 0.29) is 5.91 Å². The van der Waals surface area contributed by atoms with E-state index < -0.39 is 0 Å². The second kappa shape index (κ2) is 7.80. The molecule has 1 aromatic carbocycles. The molecule has 2 rings (SSSR count). The minimum absolute atomic E-state index is 0.191. The number of hydrogen-bond acceptors (Lipinski definition) is 3. The second-order valence-corrected chi connectivity index (χ2v) is 5.79. The van der Waals surface area contributed by atoms with E-state index in [1.54, 1.807) is 11.0 Å². The van der Waals surface area contributed by atoms with Crippen LogP contribution in [0.4, 0.5) is 0 Å². The smallest absolute Gasteiger partial charge is 0.222 e. The van der Waals surface area contributed by atoms with E-state index in [1.165, 1.54) is 12.8 Å². The van der Waals surface area contributed by atoms with Crippen molar-refractivity contribution in [2.45, 2.75) is 32.2 Å². The van der Waals surface area contributed by atoms with Crippen molar-refractivity contribution in [1.82, 2.24) is 10.2 Å². The van der Waals surface area contributed by atoms with Gasteiger partial charge in [0, 0.05) is 20.0 Å². The molecule has 112 valence electrons. The Bertz CT molecular complexity index is 515. The van der Waals surface area contributed by atoms with E-state index in [0.717, 1.165) is 25.1 Å². The molecule has 0 bridgehead atoms. The fourth-order valence-corrected chi connectivity index (χ4v) is 2.79. The topological polar surface area (TPSA) is 56.1 Å². The summed E-state index contributed by atoms with van der Waals surface area (Å²) >= 11 is 0. The van der Waals surface area contributed by atoms with Crippen LogP contribution in [0.15, 0.2) is 24.3 Å². The van der Waals surface area contributed by atoms with Crippen LogP contribution in [0.1, 0.15) is 36.8 Å². The van der Waals surface area contributed by atoms with Crippen LogP contribution in [-0.4, -0.2) is 30.9 Å². The Morgan fingerprint density at radius 1 is 1.43 bits per heavy atom. The molecule has 1 saturated heterocycles. The van der Waals surface area contributed by atoms with Crippen LogP contribution in [0.2, 0.25) is 0 Å². The third-order valence-electron chi connectivity index (χ3n) is 4.13. The lowest BCUT2D eigenvalue weighted by atomic mass is 9.93. The summed E-state index contributed by atoms with van der Waals surface area (Å²) in [6.45, 7) is 2.73.